The van der Waals surface area contributed by atoms with Crippen LogP contribution in [-0.2, 0) is 4.79 Å². The molecule has 2 aromatic carbocycles. The highest BCUT2D eigenvalue weighted by Gasteiger charge is 2.18. The summed E-state index contributed by atoms with van der Waals surface area (Å²) < 4.78 is 18.6. The maximum Gasteiger partial charge on any atom is 0.306 e. The van der Waals surface area contributed by atoms with Gasteiger partial charge in [-0.2, -0.15) is 4.39 Å². The number of ether oxygens (including phenoxy) is 1. The van der Waals surface area contributed by atoms with Crippen molar-refractivity contribution < 1.29 is 18.8 Å². The lowest BCUT2D eigenvalue weighted by Crippen LogP contribution is -2.32. The quantitative estimate of drug-likeness (QED) is 0.616. The van der Waals surface area contributed by atoms with Gasteiger partial charge in [0.25, 0.3) is 0 Å². The van der Waals surface area contributed by atoms with Gasteiger partial charge in [-0.1, -0.05) is 6.07 Å². The zero-order valence-electron chi connectivity index (χ0n) is 14.0. The van der Waals surface area contributed by atoms with E-state index in [0.29, 0.717) is 11.4 Å². The van der Waals surface area contributed by atoms with E-state index in [2.05, 4.69) is 10.6 Å². The number of nitro benzene ring substituents is 1. The molecule has 0 saturated heterocycles. The Morgan fingerprint density at radius 1 is 1.28 bits per heavy atom. The number of methoxy groups -OCH3 is 1. The second-order valence-electron chi connectivity index (χ2n) is 5.48. The molecular weight excluding hydrogens is 329 g/mol. The van der Waals surface area contributed by atoms with Crippen molar-refractivity contribution in [2.75, 3.05) is 17.7 Å². The lowest BCUT2D eigenvalue weighted by atomic mass is 10.2. The number of anilines is 2. The van der Waals surface area contributed by atoms with Crippen molar-refractivity contribution >= 4 is 23.0 Å². The first kappa shape index (κ1) is 18.2. The van der Waals surface area contributed by atoms with Gasteiger partial charge < -0.3 is 15.4 Å². The summed E-state index contributed by atoms with van der Waals surface area (Å²) in [5.41, 5.74) is 1.09. The molecule has 0 bridgehead atoms. The van der Waals surface area contributed by atoms with Crippen molar-refractivity contribution in [1.29, 1.82) is 0 Å². The Morgan fingerprint density at radius 3 is 2.64 bits per heavy atom. The van der Waals surface area contributed by atoms with Gasteiger partial charge in [0.05, 0.1) is 17.7 Å². The van der Waals surface area contributed by atoms with Gasteiger partial charge in [0.1, 0.15) is 11.8 Å². The molecule has 2 aromatic rings. The Labute approximate surface area is 144 Å². The van der Waals surface area contributed by atoms with E-state index in [1.807, 2.05) is 19.1 Å². The molecule has 0 unspecified atom stereocenters. The number of halogens is 1. The van der Waals surface area contributed by atoms with Gasteiger partial charge >= 0.3 is 5.69 Å². The summed E-state index contributed by atoms with van der Waals surface area (Å²) in [6, 6.07) is 8.03. The van der Waals surface area contributed by atoms with E-state index in [4.69, 9.17) is 4.74 Å². The first-order chi connectivity index (χ1) is 11.8. The molecule has 0 spiro atoms. The Morgan fingerprint density at radius 2 is 2.00 bits per heavy atom. The third kappa shape index (κ3) is 4.43. The lowest BCUT2D eigenvalue weighted by molar-refractivity contribution is -0.387. The number of rotatable bonds is 6. The second-order valence-corrected chi connectivity index (χ2v) is 5.48. The number of hydrogen-bond donors (Lipinski definition) is 2. The van der Waals surface area contributed by atoms with Gasteiger partial charge in [-0.3, -0.25) is 14.9 Å². The van der Waals surface area contributed by atoms with E-state index in [-0.39, 0.29) is 5.69 Å². The summed E-state index contributed by atoms with van der Waals surface area (Å²) in [6.45, 7) is 3.54. The maximum absolute atomic E-state index is 13.3. The third-order valence-corrected chi connectivity index (χ3v) is 3.53. The first-order valence-electron chi connectivity index (χ1n) is 7.48. The number of carbonyl (C=O) groups is 1. The first-order valence-corrected chi connectivity index (χ1v) is 7.48. The Kier molecular flexibility index (Phi) is 5.53. The predicted molar refractivity (Wildman–Crippen MR) is 92.5 cm³/mol. The maximum atomic E-state index is 13.3. The SMILES string of the molecule is COc1ccc(C)cc1N[C@H](C)C(=O)Nc1ccc(F)c([N+](=O)[O-])c1. The van der Waals surface area contributed by atoms with Gasteiger partial charge in [-0.25, -0.2) is 0 Å². The van der Waals surface area contributed by atoms with Crippen molar-refractivity contribution in [3.63, 3.8) is 0 Å². The smallest absolute Gasteiger partial charge is 0.306 e. The molecule has 0 aliphatic heterocycles. The van der Waals surface area contributed by atoms with Crippen LogP contribution in [0.5, 0.6) is 5.75 Å². The molecule has 25 heavy (non-hydrogen) atoms. The standard InChI is InChI=1S/C17H18FN3O4/c1-10-4-7-16(25-3)14(8-10)19-11(2)17(22)20-12-5-6-13(18)15(9-12)21(23)24/h4-9,11,19H,1-3H3,(H,20,22)/t11-/m1/s1. The topological polar surface area (TPSA) is 93.5 Å². The molecule has 2 N–H and O–H groups in total. The Hall–Kier alpha value is -3.16. The minimum absolute atomic E-state index is 0.142. The van der Waals surface area contributed by atoms with Crippen LogP contribution in [0.4, 0.5) is 21.5 Å². The summed E-state index contributed by atoms with van der Waals surface area (Å²) in [7, 11) is 1.53. The van der Waals surface area contributed by atoms with Crippen LogP contribution in [0.25, 0.3) is 0 Å². The molecule has 132 valence electrons. The zero-order chi connectivity index (χ0) is 18.6. The van der Waals surface area contributed by atoms with E-state index in [1.165, 1.54) is 13.2 Å². The molecular formula is C17H18FN3O4. The fraction of sp³-hybridized carbons (Fsp3) is 0.235. The molecule has 2 rings (SSSR count). The highest BCUT2D eigenvalue weighted by molar-refractivity contribution is 5.96. The van der Waals surface area contributed by atoms with Crippen molar-refractivity contribution in [2.45, 2.75) is 19.9 Å². The van der Waals surface area contributed by atoms with Crippen LogP contribution in [0.2, 0.25) is 0 Å². The van der Waals surface area contributed by atoms with Crippen molar-refractivity contribution in [1.82, 2.24) is 0 Å². The predicted octanol–water partition coefficient (Wildman–Crippen LogP) is 3.49. The van der Waals surface area contributed by atoms with Crippen LogP contribution >= 0.6 is 0 Å². The Bertz CT molecular complexity index is 810. The molecule has 7 nitrogen and oxygen atoms in total. The normalized spacial score (nSPS) is 11.5. The Balaban J connectivity index is 2.12. The lowest BCUT2D eigenvalue weighted by Gasteiger charge is -2.18. The molecule has 0 saturated carbocycles. The van der Waals surface area contributed by atoms with E-state index in [0.717, 1.165) is 17.7 Å². The number of nitrogens with one attached hydrogen (secondary N) is 2. The molecule has 0 aliphatic rings. The van der Waals surface area contributed by atoms with Gasteiger partial charge in [-0.05, 0) is 43.7 Å². The molecule has 0 radical (unpaired) electrons. The fourth-order valence-electron chi connectivity index (χ4n) is 2.21. The van der Waals surface area contributed by atoms with Gasteiger partial charge in [0.2, 0.25) is 11.7 Å². The number of aryl methyl sites for hydroxylation is 1. The van der Waals surface area contributed by atoms with E-state index < -0.39 is 28.4 Å². The summed E-state index contributed by atoms with van der Waals surface area (Å²) in [6.07, 6.45) is 0. The molecule has 0 aliphatic carbocycles. The van der Waals surface area contributed by atoms with Crippen LogP contribution in [0.3, 0.4) is 0 Å². The highest BCUT2D eigenvalue weighted by atomic mass is 19.1. The van der Waals surface area contributed by atoms with Gasteiger partial charge in [-0.15, -0.1) is 0 Å². The number of nitro groups is 1. The molecule has 0 aromatic heterocycles. The van der Waals surface area contributed by atoms with Crippen molar-refractivity contribution in [3.8, 4) is 5.75 Å². The minimum Gasteiger partial charge on any atom is -0.495 e. The molecule has 1 atom stereocenters. The average molecular weight is 347 g/mol. The summed E-state index contributed by atoms with van der Waals surface area (Å²) in [5, 5.41) is 16.3. The van der Waals surface area contributed by atoms with Gasteiger partial charge in [0, 0.05) is 11.8 Å². The van der Waals surface area contributed by atoms with Crippen molar-refractivity contribution in [3.05, 3.63) is 57.9 Å². The summed E-state index contributed by atoms with van der Waals surface area (Å²) in [4.78, 5) is 22.2. The number of hydrogen-bond acceptors (Lipinski definition) is 5. The van der Waals surface area contributed by atoms with Crippen molar-refractivity contribution in [2.24, 2.45) is 0 Å². The highest BCUT2D eigenvalue weighted by Crippen LogP contribution is 2.26. The summed E-state index contributed by atoms with van der Waals surface area (Å²) in [5.74, 6) is -0.800. The second kappa shape index (κ2) is 7.61. The van der Waals surface area contributed by atoms with Crippen LogP contribution < -0.4 is 15.4 Å². The van der Waals surface area contributed by atoms with E-state index >= 15 is 0 Å². The van der Waals surface area contributed by atoms with Crippen LogP contribution in [0.1, 0.15) is 12.5 Å². The molecule has 0 fully saturated rings. The summed E-state index contributed by atoms with van der Waals surface area (Å²) >= 11 is 0. The van der Waals surface area contributed by atoms with Crippen LogP contribution in [0.15, 0.2) is 36.4 Å². The number of benzene rings is 2. The number of amides is 1. The van der Waals surface area contributed by atoms with Gasteiger partial charge in [0.15, 0.2) is 0 Å². The van der Waals surface area contributed by atoms with Crippen LogP contribution in [0, 0.1) is 22.9 Å². The largest absolute Gasteiger partial charge is 0.495 e. The van der Waals surface area contributed by atoms with Crippen LogP contribution in [-0.4, -0.2) is 24.0 Å². The average Bonchev–Trinajstić information content (AvgIpc) is 2.56. The molecule has 8 heteroatoms. The third-order valence-electron chi connectivity index (χ3n) is 3.53. The van der Waals surface area contributed by atoms with E-state index in [9.17, 15) is 19.3 Å². The number of nitrogens with zero attached hydrogens (tertiary/aromatic N) is 1. The monoisotopic (exact) mass is 347 g/mol. The number of carbonyl (C=O) groups excluding carboxylic acids is 1. The zero-order valence-corrected chi connectivity index (χ0v) is 14.0. The van der Waals surface area contributed by atoms with E-state index in [1.54, 1.807) is 13.0 Å². The molecule has 0 heterocycles. The fourth-order valence-corrected chi connectivity index (χ4v) is 2.21. The molecule has 1 amide bonds. The minimum atomic E-state index is -0.960.